The highest BCUT2D eigenvalue weighted by molar-refractivity contribution is 7.90. The lowest BCUT2D eigenvalue weighted by atomic mass is 10.2. The molecule has 0 bridgehead atoms. The van der Waals surface area contributed by atoms with Gasteiger partial charge in [-0.05, 0) is 30.7 Å². The Balaban J connectivity index is 2.50. The zero-order valence-corrected chi connectivity index (χ0v) is 11.5. The Hall–Kier alpha value is -1.84. The molecule has 0 saturated carbocycles. The van der Waals surface area contributed by atoms with Crippen molar-refractivity contribution in [1.82, 2.24) is 4.31 Å². The molecule has 1 aromatic carbocycles. The molecule has 1 aliphatic heterocycles. The van der Waals surface area contributed by atoms with Gasteiger partial charge in [-0.1, -0.05) is 11.6 Å². The van der Waals surface area contributed by atoms with Crippen LogP contribution in [0.4, 0.5) is 0 Å². The van der Waals surface area contributed by atoms with Gasteiger partial charge in [-0.15, -0.1) is 0 Å². The van der Waals surface area contributed by atoms with E-state index in [0.29, 0.717) is 5.57 Å². The minimum atomic E-state index is -3.88. The van der Waals surface area contributed by atoms with E-state index in [2.05, 4.69) is 0 Å². The van der Waals surface area contributed by atoms with E-state index < -0.39 is 15.9 Å². The lowest BCUT2D eigenvalue weighted by Crippen LogP contribution is -2.31. The average molecular weight is 297 g/mol. The summed E-state index contributed by atoms with van der Waals surface area (Å²) in [6.45, 7) is 1.45. The average Bonchev–Trinajstić information content (AvgIpc) is 2.51. The molecule has 7 heteroatoms. The van der Waals surface area contributed by atoms with Crippen LogP contribution in [0.1, 0.15) is 17.3 Å². The molecule has 0 fully saturated rings. The molecule has 1 heterocycles. The first-order valence-electron chi connectivity index (χ1n) is 5.30. The van der Waals surface area contributed by atoms with Gasteiger partial charge in [0, 0.05) is 11.1 Å². The van der Waals surface area contributed by atoms with E-state index in [4.69, 9.17) is 16.9 Å². The third-order valence-corrected chi connectivity index (χ3v) is 4.68. The largest absolute Gasteiger partial charge is 0.269 e. The zero-order chi connectivity index (χ0) is 14.2. The number of fused-ring (bicyclic) bond motifs is 1. The fraction of sp³-hybridized carbons (Fsp3) is 0.167. The molecule has 1 amide bonds. The van der Waals surface area contributed by atoms with Crippen molar-refractivity contribution in [3.63, 3.8) is 0 Å². The summed E-state index contributed by atoms with van der Waals surface area (Å²) in [4.78, 5) is 12.0. The molecule has 0 saturated heterocycles. The number of benzene rings is 1. The Bertz CT molecular complexity index is 732. The third-order valence-electron chi connectivity index (χ3n) is 2.67. The van der Waals surface area contributed by atoms with Gasteiger partial charge in [0.2, 0.25) is 0 Å². The maximum Gasteiger partial charge on any atom is 0.269 e. The summed E-state index contributed by atoms with van der Waals surface area (Å²) in [6.07, 6.45) is 1.21. The van der Waals surface area contributed by atoms with E-state index in [1.54, 1.807) is 13.0 Å². The van der Waals surface area contributed by atoms with E-state index in [0.717, 1.165) is 4.31 Å². The number of sulfonamides is 1. The smallest absolute Gasteiger partial charge is 0.268 e. The number of carbonyl (C=O) groups excluding carboxylic acids is 1. The second-order valence-electron chi connectivity index (χ2n) is 4.08. The minimum Gasteiger partial charge on any atom is -0.268 e. The molecule has 0 aromatic heterocycles. The Morgan fingerprint density at radius 3 is 2.84 bits per heavy atom. The van der Waals surface area contributed by atoms with Crippen molar-refractivity contribution in [2.24, 2.45) is 0 Å². The summed E-state index contributed by atoms with van der Waals surface area (Å²) in [5, 5.41) is 8.77. The fourth-order valence-electron chi connectivity index (χ4n) is 1.79. The van der Waals surface area contributed by atoms with Crippen molar-refractivity contribution in [2.75, 3.05) is 6.54 Å². The number of halogens is 1. The number of nitriles is 1. The number of amides is 1. The van der Waals surface area contributed by atoms with Gasteiger partial charge in [0.25, 0.3) is 15.9 Å². The van der Waals surface area contributed by atoms with Crippen LogP contribution in [0.3, 0.4) is 0 Å². The Morgan fingerprint density at radius 2 is 2.21 bits per heavy atom. The molecular formula is C12H9ClN2O3S. The van der Waals surface area contributed by atoms with E-state index in [-0.39, 0.29) is 22.0 Å². The fourth-order valence-corrected chi connectivity index (χ4v) is 3.66. The van der Waals surface area contributed by atoms with Crippen LogP contribution in [0, 0.1) is 11.3 Å². The van der Waals surface area contributed by atoms with Crippen LogP contribution in [-0.4, -0.2) is 25.2 Å². The van der Waals surface area contributed by atoms with Crippen molar-refractivity contribution < 1.29 is 13.2 Å². The lowest BCUT2D eigenvalue weighted by Gasteiger charge is -2.14. The van der Waals surface area contributed by atoms with Crippen molar-refractivity contribution >= 4 is 27.5 Å². The predicted molar refractivity (Wildman–Crippen MR) is 69.0 cm³/mol. The Kier molecular flexibility index (Phi) is 3.35. The molecular weight excluding hydrogens is 288 g/mol. The first-order chi connectivity index (χ1) is 8.87. The van der Waals surface area contributed by atoms with E-state index in [1.807, 2.05) is 0 Å². The molecule has 19 heavy (non-hydrogen) atoms. The molecule has 2 rings (SSSR count). The number of nitrogens with zero attached hydrogens (tertiary/aromatic N) is 2. The summed E-state index contributed by atoms with van der Waals surface area (Å²) in [7, 11) is -3.88. The van der Waals surface area contributed by atoms with Gasteiger partial charge in [0.05, 0.1) is 18.2 Å². The summed E-state index contributed by atoms with van der Waals surface area (Å²) in [5.41, 5.74) is 0.590. The zero-order valence-electron chi connectivity index (χ0n) is 9.92. The Labute approximate surface area is 115 Å². The maximum absolute atomic E-state index is 12.2. The normalized spacial score (nSPS) is 17.2. The summed E-state index contributed by atoms with van der Waals surface area (Å²) < 4.78 is 25.2. The van der Waals surface area contributed by atoms with E-state index in [9.17, 15) is 13.2 Å². The highest BCUT2D eigenvalue weighted by atomic mass is 35.5. The van der Waals surface area contributed by atoms with E-state index in [1.165, 1.54) is 24.3 Å². The van der Waals surface area contributed by atoms with Crippen LogP contribution in [0.5, 0.6) is 0 Å². The summed E-state index contributed by atoms with van der Waals surface area (Å²) in [5.74, 6) is -0.600. The van der Waals surface area contributed by atoms with Crippen LogP contribution in [-0.2, 0) is 10.0 Å². The topological polar surface area (TPSA) is 78.2 Å². The Morgan fingerprint density at radius 1 is 1.53 bits per heavy atom. The van der Waals surface area contributed by atoms with Gasteiger partial charge in [-0.2, -0.15) is 5.26 Å². The molecule has 0 N–H and O–H groups in total. The van der Waals surface area contributed by atoms with Gasteiger partial charge in [-0.25, -0.2) is 12.7 Å². The van der Waals surface area contributed by atoms with Gasteiger partial charge < -0.3 is 0 Å². The second kappa shape index (κ2) is 4.68. The van der Waals surface area contributed by atoms with Gasteiger partial charge in [0.15, 0.2) is 0 Å². The quantitative estimate of drug-likeness (QED) is 0.782. The van der Waals surface area contributed by atoms with Gasteiger partial charge in [0.1, 0.15) is 4.90 Å². The first-order valence-corrected chi connectivity index (χ1v) is 7.11. The molecule has 0 spiro atoms. The van der Waals surface area contributed by atoms with Crippen molar-refractivity contribution in [3.8, 4) is 6.07 Å². The minimum absolute atomic E-state index is 0.0882. The highest BCUT2D eigenvalue weighted by Crippen LogP contribution is 2.32. The first kappa shape index (κ1) is 13.6. The molecule has 0 atom stereocenters. The SMILES string of the molecule is CC(=CC#N)CN1C(=O)c2ccc(Cl)cc2S1(=O)=O. The van der Waals surface area contributed by atoms with Crippen LogP contribution in [0.2, 0.25) is 5.02 Å². The monoisotopic (exact) mass is 296 g/mol. The van der Waals surface area contributed by atoms with Gasteiger partial charge >= 0.3 is 0 Å². The van der Waals surface area contributed by atoms with Gasteiger partial charge in [-0.3, -0.25) is 4.79 Å². The van der Waals surface area contributed by atoms with Crippen LogP contribution in [0.15, 0.2) is 34.7 Å². The van der Waals surface area contributed by atoms with Crippen molar-refractivity contribution in [2.45, 2.75) is 11.8 Å². The van der Waals surface area contributed by atoms with Crippen LogP contribution in [0.25, 0.3) is 0 Å². The van der Waals surface area contributed by atoms with Crippen molar-refractivity contribution in [1.29, 1.82) is 5.26 Å². The number of allylic oxidation sites excluding steroid dienone is 1. The van der Waals surface area contributed by atoms with Crippen LogP contribution >= 0.6 is 11.6 Å². The molecule has 1 aliphatic rings. The molecule has 1 aromatic rings. The molecule has 0 unspecified atom stereocenters. The summed E-state index contributed by atoms with van der Waals surface area (Å²) in [6, 6.07) is 5.91. The number of hydrogen-bond acceptors (Lipinski definition) is 4. The second-order valence-corrected chi connectivity index (χ2v) is 6.34. The molecule has 0 aliphatic carbocycles. The number of rotatable bonds is 2. The number of hydrogen-bond donors (Lipinski definition) is 0. The molecule has 5 nitrogen and oxygen atoms in total. The number of carbonyl (C=O) groups is 1. The molecule has 98 valence electrons. The third kappa shape index (κ3) is 2.23. The van der Waals surface area contributed by atoms with Crippen molar-refractivity contribution in [3.05, 3.63) is 40.4 Å². The lowest BCUT2D eigenvalue weighted by molar-refractivity contribution is 0.0878. The standard InChI is InChI=1S/C12H9ClN2O3S/c1-8(4-5-14)7-15-12(16)10-3-2-9(13)6-11(10)19(15,17)18/h2-4,6H,7H2,1H3. The van der Waals surface area contributed by atoms with Crippen LogP contribution < -0.4 is 0 Å². The predicted octanol–water partition coefficient (Wildman–Crippen LogP) is 1.95. The maximum atomic E-state index is 12.2. The highest BCUT2D eigenvalue weighted by Gasteiger charge is 2.41. The summed E-state index contributed by atoms with van der Waals surface area (Å²) >= 11 is 5.75. The molecule has 0 radical (unpaired) electrons. The van der Waals surface area contributed by atoms with E-state index >= 15 is 0 Å².